The van der Waals surface area contributed by atoms with E-state index in [1.165, 1.54) is 42.5 Å². The summed E-state index contributed by atoms with van der Waals surface area (Å²) in [4.78, 5) is 32.0. The Bertz CT molecular complexity index is 744. The molecule has 23 heavy (non-hydrogen) atoms. The number of nitro benzene ring substituents is 2. The van der Waals surface area contributed by atoms with Crippen LogP contribution >= 0.6 is 0 Å². The smallest absolute Gasteiger partial charge is 0.292 e. The Kier molecular flexibility index (Phi) is 4.82. The van der Waals surface area contributed by atoms with E-state index in [1.54, 1.807) is 6.07 Å². The van der Waals surface area contributed by atoms with Crippen molar-refractivity contribution in [2.45, 2.75) is 0 Å². The van der Waals surface area contributed by atoms with E-state index in [0.29, 0.717) is 0 Å². The molecule has 0 saturated carbocycles. The summed E-state index contributed by atoms with van der Waals surface area (Å²) < 4.78 is 5.17. The molecule has 0 heterocycles. The van der Waals surface area contributed by atoms with Crippen molar-refractivity contribution in [3.63, 3.8) is 0 Å². The molecule has 9 nitrogen and oxygen atoms in total. The second kappa shape index (κ2) is 6.98. The maximum Gasteiger partial charge on any atom is 0.292 e. The molecule has 1 N–H and O–H groups in total. The van der Waals surface area contributed by atoms with Gasteiger partial charge in [0.25, 0.3) is 17.3 Å². The minimum absolute atomic E-state index is 0.0646. The lowest BCUT2D eigenvalue weighted by Gasteiger charge is -2.07. The highest BCUT2D eigenvalue weighted by Gasteiger charge is 2.15. The average molecular weight is 317 g/mol. The third-order valence-electron chi connectivity index (χ3n) is 2.79. The van der Waals surface area contributed by atoms with Crippen LogP contribution in [0.5, 0.6) is 5.75 Å². The third-order valence-corrected chi connectivity index (χ3v) is 2.79. The number of anilines is 1. The average Bonchev–Trinajstić information content (AvgIpc) is 2.53. The zero-order chi connectivity index (χ0) is 16.8. The number of amides is 1. The van der Waals surface area contributed by atoms with Gasteiger partial charge in [0.05, 0.1) is 9.85 Å². The molecule has 0 aliphatic carbocycles. The summed E-state index contributed by atoms with van der Waals surface area (Å²) in [5.41, 5.74) is -0.257. The van der Waals surface area contributed by atoms with Gasteiger partial charge in [0, 0.05) is 18.2 Å². The SMILES string of the molecule is O=C(COc1ccc([N+](=O)[O-])cc1)Nc1ccccc1[N+](=O)[O-]. The molecule has 0 bridgehead atoms. The van der Waals surface area contributed by atoms with E-state index in [9.17, 15) is 25.0 Å². The first-order valence-corrected chi connectivity index (χ1v) is 6.38. The number of benzene rings is 2. The van der Waals surface area contributed by atoms with Gasteiger partial charge in [-0.3, -0.25) is 25.0 Å². The normalized spacial score (nSPS) is 9.91. The molecule has 0 atom stereocenters. The van der Waals surface area contributed by atoms with E-state index >= 15 is 0 Å². The van der Waals surface area contributed by atoms with Gasteiger partial charge in [0.2, 0.25) is 0 Å². The highest BCUT2D eigenvalue weighted by molar-refractivity contribution is 5.94. The quantitative estimate of drug-likeness (QED) is 0.644. The number of nitrogens with one attached hydrogen (secondary N) is 1. The van der Waals surface area contributed by atoms with E-state index in [-0.39, 0.29) is 29.4 Å². The fraction of sp³-hybridized carbons (Fsp3) is 0.0714. The van der Waals surface area contributed by atoms with Crippen molar-refractivity contribution >= 4 is 23.0 Å². The van der Waals surface area contributed by atoms with Gasteiger partial charge in [0.15, 0.2) is 6.61 Å². The molecule has 0 spiro atoms. The van der Waals surface area contributed by atoms with Crippen molar-refractivity contribution in [2.24, 2.45) is 0 Å². The number of carbonyl (C=O) groups excluding carboxylic acids is 1. The first-order valence-electron chi connectivity index (χ1n) is 6.38. The van der Waals surface area contributed by atoms with Crippen molar-refractivity contribution in [1.82, 2.24) is 0 Å². The molecule has 0 radical (unpaired) electrons. The number of carbonyl (C=O) groups is 1. The zero-order valence-corrected chi connectivity index (χ0v) is 11.7. The summed E-state index contributed by atoms with van der Waals surface area (Å²) in [6, 6.07) is 10.9. The van der Waals surface area contributed by atoms with Crippen LogP contribution in [0, 0.1) is 20.2 Å². The molecular formula is C14H11N3O6. The molecule has 0 fully saturated rings. The van der Waals surface area contributed by atoms with Gasteiger partial charge in [0.1, 0.15) is 11.4 Å². The van der Waals surface area contributed by atoms with Crippen LogP contribution in [-0.4, -0.2) is 22.4 Å². The lowest BCUT2D eigenvalue weighted by atomic mass is 10.2. The monoisotopic (exact) mass is 317 g/mol. The van der Waals surface area contributed by atoms with Gasteiger partial charge in [-0.2, -0.15) is 0 Å². The number of nitro groups is 2. The predicted molar refractivity (Wildman–Crippen MR) is 80.3 cm³/mol. The van der Waals surface area contributed by atoms with Crippen molar-refractivity contribution < 1.29 is 19.4 Å². The van der Waals surface area contributed by atoms with Gasteiger partial charge < -0.3 is 10.1 Å². The Balaban J connectivity index is 1.95. The first kappa shape index (κ1) is 15.9. The summed E-state index contributed by atoms with van der Waals surface area (Å²) in [6.45, 7) is -0.385. The molecular weight excluding hydrogens is 306 g/mol. The van der Waals surface area contributed by atoms with Gasteiger partial charge in [-0.15, -0.1) is 0 Å². The molecule has 0 saturated heterocycles. The lowest BCUT2D eigenvalue weighted by molar-refractivity contribution is -0.384. The molecule has 9 heteroatoms. The molecule has 2 aromatic rings. The van der Waals surface area contributed by atoms with Crippen molar-refractivity contribution in [3.8, 4) is 5.75 Å². The summed E-state index contributed by atoms with van der Waals surface area (Å²) in [5.74, 6) is -0.314. The van der Waals surface area contributed by atoms with Crippen molar-refractivity contribution in [3.05, 3.63) is 68.8 Å². The number of non-ortho nitro benzene ring substituents is 1. The van der Waals surface area contributed by atoms with E-state index in [0.717, 1.165) is 0 Å². The summed E-state index contributed by atoms with van der Waals surface area (Å²) in [7, 11) is 0. The van der Waals surface area contributed by atoms with Crippen molar-refractivity contribution in [1.29, 1.82) is 0 Å². The van der Waals surface area contributed by atoms with Crippen LogP contribution in [0.4, 0.5) is 17.1 Å². The van der Waals surface area contributed by atoms with Crippen LogP contribution in [0.1, 0.15) is 0 Å². The Morgan fingerprint density at radius 3 is 2.26 bits per heavy atom. The van der Waals surface area contributed by atoms with Crippen molar-refractivity contribution in [2.75, 3.05) is 11.9 Å². The van der Waals surface area contributed by atoms with Gasteiger partial charge in [-0.25, -0.2) is 0 Å². The first-order chi connectivity index (χ1) is 11.0. The molecule has 2 aromatic carbocycles. The molecule has 0 unspecified atom stereocenters. The maximum absolute atomic E-state index is 11.8. The zero-order valence-electron chi connectivity index (χ0n) is 11.7. The van der Waals surface area contributed by atoms with Gasteiger partial charge >= 0.3 is 0 Å². The Morgan fingerprint density at radius 2 is 1.65 bits per heavy atom. The van der Waals surface area contributed by atoms with Crippen LogP contribution in [0.25, 0.3) is 0 Å². The number of nitrogens with zero attached hydrogens (tertiary/aromatic N) is 2. The number of hydrogen-bond donors (Lipinski definition) is 1. The van der Waals surface area contributed by atoms with E-state index < -0.39 is 15.8 Å². The highest BCUT2D eigenvalue weighted by atomic mass is 16.6. The number of para-hydroxylation sites is 2. The Labute approximate surface area is 129 Å². The fourth-order valence-electron chi connectivity index (χ4n) is 1.74. The second-order valence-corrected chi connectivity index (χ2v) is 4.36. The molecule has 0 aromatic heterocycles. The molecule has 2 rings (SSSR count). The molecule has 0 aliphatic heterocycles. The minimum atomic E-state index is -0.604. The Hall–Kier alpha value is -3.49. The van der Waals surface area contributed by atoms with E-state index in [2.05, 4.69) is 5.32 Å². The number of hydrogen-bond acceptors (Lipinski definition) is 6. The van der Waals surface area contributed by atoms with Crippen LogP contribution in [0.2, 0.25) is 0 Å². The second-order valence-electron chi connectivity index (χ2n) is 4.36. The standard InChI is InChI=1S/C14H11N3O6/c18-14(15-12-3-1-2-4-13(12)17(21)22)9-23-11-7-5-10(6-8-11)16(19)20/h1-8H,9H2,(H,15,18). The van der Waals surface area contributed by atoms with Gasteiger partial charge in [-0.1, -0.05) is 12.1 Å². The van der Waals surface area contributed by atoms with Crippen LogP contribution < -0.4 is 10.1 Å². The van der Waals surface area contributed by atoms with E-state index in [1.807, 2.05) is 0 Å². The van der Waals surface area contributed by atoms with Crippen LogP contribution in [0.3, 0.4) is 0 Å². The molecule has 118 valence electrons. The topological polar surface area (TPSA) is 125 Å². The summed E-state index contributed by atoms with van der Waals surface area (Å²) in [6.07, 6.45) is 0. The van der Waals surface area contributed by atoms with Crippen LogP contribution in [0.15, 0.2) is 48.5 Å². The third kappa shape index (κ3) is 4.24. The van der Waals surface area contributed by atoms with E-state index in [4.69, 9.17) is 4.74 Å². The summed E-state index contributed by atoms with van der Waals surface area (Å²) >= 11 is 0. The maximum atomic E-state index is 11.8. The number of rotatable bonds is 6. The Morgan fingerprint density at radius 1 is 1.00 bits per heavy atom. The van der Waals surface area contributed by atoms with Crippen LogP contribution in [-0.2, 0) is 4.79 Å². The fourth-order valence-corrected chi connectivity index (χ4v) is 1.74. The number of ether oxygens (including phenoxy) is 1. The largest absolute Gasteiger partial charge is 0.484 e. The molecule has 1 amide bonds. The highest BCUT2D eigenvalue weighted by Crippen LogP contribution is 2.23. The molecule has 0 aliphatic rings. The lowest BCUT2D eigenvalue weighted by Crippen LogP contribution is -2.20. The predicted octanol–water partition coefficient (Wildman–Crippen LogP) is 2.52. The van der Waals surface area contributed by atoms with Gasteiger partial charge in [-0.05, 0) is 18.2 Å². The summed E-state index contributed by atoms with van der Waals surface area (Å²) in [5, 5.41) is 23.7. The minimum Gasteiger partial charge on any atom is -0.484 e.